The van der Waals surface area contributed by atoms with Gasteiger partial charge in [-0.1, -0.05) is 11.6 Å². The molecule has 6 nitrogen and oxygen atoms in total. The standard InChI is InChI=1S/C11H9ClF3N5O/c1-5-3-6(16-7(12)4-5)8(21)17-10-18-9(11(13,14)15)19-20(10)2/h3-4H,1-2H3,(H,17,18,19,21). The molecule has 2 aromatic rings. The van der Waals surface area contributed by atoms with E-state index in [0.717, 1.165) is 4.68 Å². The Kier molecular flexibility index (Phi) is 3.86. The summed E-state index contributed by atoms with van der Waals surface area (Å²) in [5.41, 5.74) is 0.658. The summed E-state index contributed by atoms with van der Waals surface area (Å²) >= 11 is 5.72. The first-order valence-electron chi connectivity index (χ1n) is 5.60. The number of amides is 1. The highest BCUT2D eigenvalue weighted by Gasteiger charge is 2.37. The van der Waals surface area contributed by atoms with Crippen molar-refractivity contribution in [2.75, 3.05) is 5.32 Å². The first-order valence-corrected chi connectivity index (χ1v) is 5.98. The fraction of sp³-hybridized carbons (Fsp3) is 0.273. The molecule has 0 radical (unpaired) electrons. The van der Waals surface area contributed by atoms with E-state index in [1.165, 1.54) is 13.1 Å². The van der Waals surface area contributed by atoms with Gasteiger partial charge < -0.3 is 0 Å². The fourth-order valence-corrected chi connectivity index (χ4v) is 1.78. The SMILES string of the molecule is Cc1cc(Cl)nc(C(=O)Nc2nc(C(F)(F)F)nn2C)c1. The van der Waals surface area contributed by atoms with Crippen molar-refractivity contribution in [2.24, 2.45) is 7.05 Å². The van der Waals surface area contributed by atoms with Crippen molar-refractivity contribution in [1.82, 2.24) is 19.7 Å². The van der Waals surface area contributed by atoms with Crippen LogP contribution in [0.15, 0.2) is 12.1 Å². The molecule has 0 spiro atoms. The second-order valence-electron chi connectivity index (χ2n) is 4.19. The number of anilines is 1. The van der Waals surface area contributed by atoms with Crippen LogP contribution in [0, 0.1) is 6.92 Å². The number of carbonyl (C=O) groups is 1. The van der Waals surface area contributed by atoms with Crippen molar-refractivity contribution in [2.45, 2.75) is 13.1 Å². The number of rotatable bonds is 2. The number of aromatic nitrogens is 4. The van der Waals surface area contributed by atoms with E-state index in [1.807, 2.05) is 0 Å². The van der Waals surface area contributed by atoms with Crippen LogP contribution in [0.4, 0.5) is 19.1 Å². The van der Waals surface area contributed by atoms with Crippen LogP contribution in [0.3, 0.4) is 0 Å². The topological polar surface area (TPSA) is 72.7 Å². The van der Waals surface area contributed by atoms with Crippen molar-refractivity contribution in [1.29, 1.82) is 0 Å². The Hall–Kier alpha value is -2.16. The summed E-state index contributed by atoms with van der Waals surface area (Å²) in [6.45, 7) is 1.70. The number of hydrogen-bond acceptors (Lipinski definition) is 4. The van der Waals surface area contributed by atoms with E-state index in [0.29, 0.717) is 5.56 Å². The molecular formula is C11H9ClF3N5O. The van der Waals surface area contributed by atoms with Gasteiger partial charge in [-0.3, -0.25) is 10.1 Å². The van der Waals surface area contributed by atoms with Gasteiger partial charge >= 0.3 is 6.18 Å². The van der Waals surface area contributed by atoms with E-state index in [4.69, 9.17) is 11.6 Å². The molecule has 0 aromatic carbocycles. The zero-order valence-corrected chi connectivity index (χ0v) is 11.6. The van der Waals surface area contributed by atoms with Crippen LogP contribution in [-0.4, -0.2) is 25.7 Å². The van der Waals surface area contributed by atoms with Crippen molar-refractivity contribution in [3.8, 4) is 0 Å². The quantitative estimate of drug-likeness (QED) is 0.863. The Morgan fingerprint density at radius 1 is 1.33 bits per heavy atom. The number of alkyl halides is 3. The predicted octanol–water partition coefficient (Wildman–Crippen LogP) is 2.44. The summed E-state index contributed by atoms with van der Waals surface area (Å²) in [6, 6.07) is 2.99. The number of hydrogen-bond donors (Lipinski definition) is 1. The Morgan fingerprint density at radius 3 is 2.52 bits per heavy atom. The summed E-state index contributed by atoms with van der Waals surface area (Å²) in [5, 5.41) is 5.49. The molecule has 0 aliphatic heterocycles. The van der Waals surface area contributed by atoms with Crippen LogP contribution in [0.2, 0.25) is 5.15 Å². The Labute approximate surface area is 122 Å². The van der Waals surface area contributed by atoms with E-state index >= 15 is 0 Å². The van der Waals surface area contributed by atoms with Crippen LogP contribution >= 0.6 is 11.6 Å². The lowest BCUT2D eigenvalue weighted by Crippen LogP contribution is -2.17. The molecule has 0 saturated carbocycles. The van der Waals surface area contributed by atoms with Gasteiger partial charge in [-0.2, -0.15) is 18.2 Å². The van der Waals surface area contributed by atoms with E-state index in [2.05, 4.69) is 20.4 Å². The molecule has 2 rings (SSSR count). The third kappa shape index (κ3) is 3.48. The minimum Gasteiger partial charge on any atom is -0.289 e. The van der Waals surface area contributed by atoms with Gasteiger partial charge in [-0.25, -0.2) is 9.67 Å². The van der Waals surface area contributed by atoms with Crippen LogP contribution in [0.25, 0.3) is 0 Å². The lowest BCUT2D eigenvalue weighted by Gasteiger charge is -2.04. The van der Waals surface area contributed by atoms with Gasteiger partial charge in [0.15, 0.2) is 0 Å². The Morgan fingerprint density at radius 2 is 2.00 bits per heavy atom. The van der Waals surface area contributed by atoms with E-state index in [-0.39, 0.29) is 16.8 Å². The molecule has 0 fully saturated rings. The maximum absolute atomic E-state index is 12.5. The zero-order valence-electron chi connectivity index (χ0n) is 10.9. The minimum absolute atomic E-state index is 0.0310. The molecule has 1 N–H and O–H groups in total. The van der Waals surface area contributed by atoms with Crippen molar-refractivity contribution < 1.29 is 18.0 Å². The largest absolute Gasteiger partial charge is 0.453 e. The molecule has 112 valence electrons. The van der Waals surface area contributed by atoms with Crippen LogP contribution in [-0.2, 0) is 13.2 Å². The second kappa shape index (κ2) is 5.32. The van der Waals surface area contributed by atoms with Gasteiger partial charge in [0.05, 0.1) is 0 Å². The average molecular weight is 320 g/mol. The van der Waals surface area contributed by atoms with Crippen LogP contribution < -0.4 is 5.32 Å². The molecule has 10 heteroatoms. The summed E-state index contributed by atoms with van der Waals surface area (Å²) in [6.07, 6.45) is -4.69. The number of nitrogens with zero attached hydrogens (tertiary/aromatic N) is 4. The third-order valence-corrected chi connectivity index (χ3v) is 2.61. The lowest BCUT2D eigenvalue weighted by molar-refractivity contribution is -0.144. The van der Waals surface area contributed by atoms with E-state index in [9.17, 15) is 18.0 Å². The summed E-state index contributed by atoms with van der Waals surface area (Å²) < 4.78 is 38.2. The van der Waals surface area contributed by atoms with Gasteiger partial charge in [-0.15, -0.1) is 5.10 Å². The minimum atomic E-state index is -4.69. The van der Waals surface area contributed by atoms with Crippen LogP contribution in [0.1, 0.15) is 21.9 Å². The van der Waals surface area contributed by atoms with E-state index in [1.54, 1.807) is 13.0 Å². The van der Waals surface area contributed by atoms with Gasteiger partial charge in [0.2, 0.25) is 5.95 Å². The number of aryl methyl sites for hydroxylation is 2. The fourth-order valence-electron chi connectivity index (χ4n) is 1.52. The number of pyridine rings is 1. The summed E-state index contributed by atoms with van der Waals surface area (Å²) in [4.78, 5) is 18.9. The Balaban J connectivity index is 2.26. The number of carbonyl (C=O) groups excluding carboxylic acids is 1. The summed E-state index contributed by atoms with van der Waals surface area (Å²) in [7, 11) is 1.23. The normalized spacial score (nSPS) is 11.5. The van der Waals surface area contributed by atoms with Gasteiger partial charge in [0.25, 0.3) is 11.7 Å². The van der Waals surface area contributed by atoms with Crippen LogP contribution in [0.5, 0.6) is 0 Å². The monoisotopic (exact) mass is 319 g/mol. The van der Waals surface area contributed by atoms with Crippen molar-refractivity contribution in [3.05, 3.63) is 34.4 Å². The molecule has 2 aromatic heterocycles. The molecule has 0 bridgehead atoms. The smallest absolute Gasteiger partial charge is 0.289 e. The average Bonchev–Trinajstić information content (AvgIpc) is 2.69. The highest BCUT2D eigenvalue weighted by molar-refractivity contribution is 6.29. The van der Waals surface area contributed by atoms with Gasteiger partial charge in [0.1, 0.15) is 10.8 Å². The maximum atomic E-state index is 12.5. The second-order valence-corrected chi connectivity index (χ2v) is 4.57. The number of nitrogens with one attached hydrogen (secondary N) is 1. The van der Waals surface area contributed by atoms with Gasteiger partial charge in [-0.05, 0) is 24.6 Å². The van der Waals surface area contributed by atoms with Crippen molar-refractivity contribution >= 4 is 23.5 Å². The molecule has 0 aliphatic carbocycles. The molecule has 1 amide bonds. The molecular weight excluding hydrogens is 311 g/mol. The molecule has 21 heavy (non-hydrogen) atoms. The Bertz CT molecular complexity index is 677. The molecule has 2 heterocycles. The first-order chi connectivity index (χ1) is 9.66. The maximum Gasteiger partial charge on any atom is 0.453 e. The molecule has 0 aliphatic rings. The third-order valence-electron chi connectivity index (χ3n) is 2.41. The first kappa shape index (κ1) is 15.2. The van der Waals surface area contributed by atoms with E-state index < -0.39 is 17.9 Å². The van der Waals surface area contributed by atoms with Crippen molar-refractivity contribution in [3.63, 3.8) is 0 Å². The zero-order chi connectivity index (χ0) is 15.8. The van der Waals surface area contributed by atoms with Gasteiger partial charge in [0, 0.05) is 7.05 Å². The molecule has 0 saturated heterocycles. The molecule has 0 unspecified atom stereocenters. The molecule has 0 atom stereocenters. The summed E-state index contributed by atoms with van der Waals surface area (Å²) in [5.74, 6) is -2.41. The highest BCUT2D eigenvalue weighted by Crippen LogP contribution is 2.27. The predicted molar refractivity (Wildman–Crippen MR) is 67.9 cm³/mol. The lowest BCUT2D eigenvalue weighted by atomic mass is 10.2. The number of halogens is 4. The highest BCUT2D eigenvalue weighted by atomic mass is 35.5.